The van der Waals surface area contributed by atoms with Gasteiger partial charge in [0.05, 0.1) is 5.92 Å². The summed E-state index contributed by atoms with van der Waals surface area (Å²) < 4.78 is 0. The zero-order valence-electron chi connectivity index (χ0n) is 15.1. The van der Waals surface area contributed by atoms with E-state index in [0.29, 0.717) is 36.5 Å². The maximum absolute atomic E-state index is 12.6. The molecule has 6 nitrogen and oxygen atoms in total. The number of rotatable bonds is 6. The van der Waals surface area contributed by atoms with E-state index in [1.807, 2.05) is 13.8 Å². The number of piperidine rings is 1. The molecule has 2 N–H and O–H groups in total. The molecule has 1 aromatic carbocycles. The molecular weight excluding hydrogens is 356 g/mol. The minimum absolute atomic E-state index is 0.000869. The van der Waals surface area contributed by atoms with Gasteiger partial charge in [0, 0.05) is 35.6 Å². The number of benzene rings is 1. The number of nitrogens with one attached hydrogen (secondary N) is 1. The summed E-state index contributed by atoms with van der Waals surface area (Å²) in [5.74, 6) is -1.41. The van der Waals surface area contributed by atoms with Crippen LogP contribution in [0.25, 0.3) is 0 Å². The molecule has 1 heterocycles. The number of carboxylic acid groups (broad SMARTS) is 1. The van der Waals surface area contributed by atoms with Crippen LogP contribution in [0, 0.1) is 5.92 Å². The SMILES string of the molecule is CC(C)(CCC(=O)O)NC(=O)C1CCCN(C(=O)c2ccc(Cl)cc2)C1. The number of carbonyl (C=O) groups excluding carboxylic acids is 2. The van der Waals surface area contributed by atoms with Gasteiger partial charge in [-0.15, -0.1) is 0 Å². The summed E-state index contributed by atoms with van der Waals surface area (Å²) in [7, 11) is 0. The monoisotopic (exact) mass is 380 g/mol. The van der Waals surface area contributed by atoms with E-state index in [2.05, 4.69) is 5.32 Å². The molecule has 1 atom stereocenters. The first-order valence-electron chi connectivity index (χ1n) is 8.76. The molecule has 1 aromatic rings. The summed E-state index contributed by atoms with van der Waals surface area (Å²) in [6, 6.07) is 6.72. The van der Waals surface area contributed by atoms with Crippen molar-refractivity contribution >= 4 is 29.4 Å². The molecule has 0 saturated carbocycles. The number of carboxylic acids is 1. The average Bonchev–Trinajstić information content (AvgIpc) is 2.60. The van der Waals surface area contributed by atoms with Crippen molar-refractivity contribution in [3.8, 4) is 0 Å². The molecule has 0 spiro atoms. The fraction of sp³-hybridized carbons (Fsp3) is 0.526. The largest absolute Gasteiger partial charge is 0.481 e. The molecular formula is C19H25ClN2O4. The molecule has 0 aliphatic carbocycles. The fourth-order valence-corrected chi connectivity index (χ4v) is 3.19. The Labute approximate surface area is 158 Å². The molecule has 142 valence electrons. The van der Waals surface area contributed by atoms with Gasteiger partial charge in [0.25, 0.3) is 5.91 Å². The zero-order chi connectivity index (χ0) is 19.3. The lowest BCUT2D eigenvalue weighted by molar-refractivity contribution is -0.138. The highest BCUT2D eigenvalue weighted by atomic mass is 35.5. The van der Waals surface area contributed by atoms with Gasteiger partial charge in [-0.3, -0.25) is 14.4 Å². The van der Waals surface area contributed by atoms with Crippen LogP contribution in [0.2, 0.25) is 5.02 Å². The summed E-state index contributed by atoms with van der Waals surface area (Å²) in [4.78, 5) is 37.7. The zero-order valence-corrected chi connectivity index (χ0v) is 15.9. The van der Waals surface area contributed by atoms with E-state index in [-0.39, 0.29) is 24.2 Å². The highest BCUT2D eigenvalue weighted by Crippen LogP contribution is 2.21. The first kappa shape index (κ1) is 20.2. The molecule has 2 rings (SSSR count). The number of halogens is 1. The smallest absolute Gasteiger partial charge is 0.303 e. The second-order valence-electron chi connectivity index (χ2n) is 7.36. The van der Waals surface area contributed by atoms with Gasteiger partial charge in [0.15, 0.2) is 0 Å². The van der Waals surface area contributed by atoms with E-state index in [0.717, 1.165) is 6.42 Å². The molecule has 1 aliphatic rings. The Morgan fingerprint density at radius 2 is 1.92 bits per heavy atom. The van der Waals surface area contributed by atoms with Gasteiger partial charge in [-0.05, 0) is 57.4 Å². The lowest BCUT2D eigenvalue weighted by Gasteiger charge is -2.34. The first-order valence-corrected chi connectivity index (χ1v) is 9.14. The van der Waals surface area contributed by atoms with Crippen molar-refractivity contribution in [1.82, 2.24) is 10.2 Å². The van der Waals surface area contributed by atoms with Crippen molar-refractivity contribution in [2.24, 2.45) is 5.92 Å². The minimum atomic E-state index is -0.885. The molecule has 1 aliphatic heterocycles. The lowest BCUT2D eigenvalue weighted by Crippen LogP contribution is -2.51. The highest BCUT2D eigenvalue weighted by molar-refractivity contribution is 6.30. The summed E-state index contributed by atoms with van der Waals surface area (Å²) in [5.41, 5.74) is -0.0463. The third-order valence-corrected chi connectivity index (χ3v) is 4.85. The molecule has 0 aromatic heterocycles. The minimum Gasteiger partial charge on any atom is -0.481 e. The Morgan fingerprint density at radius 3 is 2.54 bits per heavy atom. The van der Waals surface area contributed by atoms with Gasteiger partial charge in [0.2, 0.25) is 5.91 Å². The molecule has 1 saturated heterocycles. The van der Waals surface area contributed by atoms with E-state index >= 15 is 0 Å². The van der Waals surface area contributed by atoms with Crippen LogP contribution in [-0.2, 0) is 9.59 Å². The second-order valence-corrected chi connectivity index (χ2v) is 7.80. The molecule has 1 fully saturated rings. The number of carbonyl (C=O) groups is 3. The normalized spacial score (nSPS) is 17.7. The van der Waals surface area contributed by atoms with Crippen molar-refractivity contribution in [1.29, 1.82) is 0 Å². The van der Waals surface area contributed by atoms with Crippen LogP contribution in [0.3, 0.4) is 0 Å². The van der Waals surface area contributed by atoms with Gasteiger partial charge in [-0.1, -0.05) is 11.6 Å². The predicted molar refractivity (Wildman–Crippen MR) is 99.2 cm³/mol. The summed E-state index contributed by atoms with van der Waals surface area (Å²) >= 11 is 5.86. The Bertz CT molecular complexity index is 673. The Hall–Kier alpha value is -2.08. The van der Waals surface area contributed by atoms with Crippen molar-refractivity contribution < 1.29 is 19.5 Å². The van der Waals surface area contributed by atoms with Gasteiger partial charge in [-0.2, -0.15) is 0 Å². The second kappa shape index (κ2) is 8.54. The van der Waals surface area contributed by atoms with Crippen molar-refractivity contribution in [3.05, 3.63) is 34.9 Å². The number of hydrogen-bond donors (Lipinski definition) is 2. The first-order chi connectivity index (χ1) is 12.2. The fourth-order valence-electron chi connectivity index (χ4n) is 3.07. The van der Waals surface area contributed by atoms with Gasteiger partial charge in [0.1, 0.15) is 0 Å². The van der Waals surface area contributed by atoms with Crippen LogP contribution < -0.4 is 5.32 Å². The third kappa shape index (κ3) is 5.73. The van der Waals surface area contributed by atoms with Crippen LogP contribution in [-0.4, -0.2) is 46.4 Å². The van der Waals surface area contributed by atoms with Gasteiger partial charge in [-0.25, -0.2) is 0 Å². The third-order valence-electron chi connectivity index (χ3n) is 4.60. The maximum Gasteiger partial charge on any atom is 0.303 e. The van der Waals surface area contributed by atoms with E-state index < -0.39 is 11.5 Å². The number of likely N-dealkylation sites (tertiary alicyclic amines) is 1. The summed E-state index contributed by atoms with van der Waals surface area (Å²) in [6.45, 7) is 4.61. The van der Waals surface area contributed by atoms with E-state index in [4.69, 9.17) is 16.7 Å². The van der Waals surface area contributed by atoms with Crippen LogP contribution in [0.4, 0.5) is 0 Å². The van der Waals surface area contributed by atoms with E-state index in [1.54, 1.807) is 29.2 Å². The van der Waals surface area contributed by atoms with Crippen LogP contribution >= 0.6 is 11.6 Å². The van der Waals surface area contributed by atoms with Gasteiger partial charge >= 0.3 is 5.97 Å². The number of aliphatic carboxylic acids is 1. The molecule has 0 radical (unpaired) electrons. The molecule has 0 bridgehead atoms. The molecule has 26 heavy (non-hydrogen) atoms. The maximum atomic E-state index is 12.6. The Morgan fingerprint density at radius 1 is 1.27 bits per heavy atom. The lowest BCUT2D eigenvalue weighted by atomic mass is 9.93. The van der Waals surface area contributed by atoms with Crippen molar-refractivity contribution in [3.63, 3.8) is 0 Å². The Balaban J connectivity index is 1.96. The topological polar surface area (TPSA) is 86.7 Å². The number of hydrogen-bond acceptors (Lipinski definition) is 3. The molecule has 1 unspecified atom stereocenters. The van der Waals surface area contributed by atoms with Crippen LogP contribution in [0.15, 0.2) is 24.3 Å². The predicted octanol–water partition coefficient (Wildman–Crippen LogP) is 2.95. The number of amides is 2. The Kier molecular flexibility index (Phi) is 6.64. The van der Waals surface area contributed by atoms with Crippen LogP contribution in [0.1, 0.15) is 49.9 Å². The quantitative estimate of drug-likeness (QED) is 0.794. The average molecular weight is 381 g/mol. The number of nitrogens with zero attached hydrogens (tertiary/aromatic N) is 1. The van der Waals surface area contributed by atoms with Crippen molar-refractivity contribution in [2.45, 2.75) is 45.1 Å². The van der Waals surface area contributed by atoms with Crippen molar-refractivity contribution in [2.75, 3.05) is 13.1 Å². The highest BCUT2D eigenvalue weighted by Gasteiger charge is 2.31. The standard InChI is InChI=1S/C19H25ClN2O4/c1-19(2,10-9-16(23)24)21-17(25)14-4-3-11-22(12-14)18(26)13-5-7-15(20)8-6-13/h5-8,14H,3-4,9-12H2,1-2H3,(H,21,25)(H,23,24). The summed E-state index contributed by atoms with van der Waals surface area (Å²) in [5, 5.41) is 12.3. The molecule has 7 heteroatoms. The summed E-state index contributed by atoms with van der Waals surface area (Å²) in [6.07, 6.45) is 1.82. The van der Waals surface area contributed by atoms with Gasteiger partial charge < -0.3 is 15.3 Å². The van der Waals surface area contributed by atoms with E-state index in [1.165, 1.54) is 0 Å². The molecule has 2 amide bonds. The van der Waals surface area contributed by atoms with Crippen LogP contribution in [0.5, 0.6) is 0 Å². The van der Waals surface area contributed by atoms with E-state index in [9.17, 15) is 14.4 Å².